The number of hydrogen-bond acceptors (Lipinski definition) is 2. The van der Waals surface area contributed by atoms with E-state index in [4.69, 9.17) is 4.74 Å². The lowest BCUT2D eigenvalue weighted by Gasteiger charge is -2.36. The Morgan fingerprint density at radius 3 is 2.24 bits per heavy atom. The molecule has 2 rings (SSSR count). The van der Waals surface area contributed by atoms with Crippen LogP contribution >= 0.6 is 0 Å². The maximum Gasteiger partial charge on any atom is 0.0483 e. The minimum Gasteiger partial charge on any atom is -0.381 e. The maximum atomic E-state index is 5.45. The molecule has 2 nitrogen and oxygen atoms in total. The van der Waals surface area contributed by atoms with E-state index in [1.165, 1.54) is 64.3 Å². The predicted octanol–water partition coefficient (Wildman–Crippen LogP) is 3.51. The van der Waals surface area contributed by atoms with E-state index in [2.05, 4.69) is 12.2 Å². The van der Waals surface area contributed by atoms with Gasteiger partial charge in [0, 0.05) is 18.8 Å². The van der Waals surface area contributed by atoms with Gasteiger partial charge < -0.3 is 10.1 Å². The van der Waals surface area contributed by atoms with Gasteiger partial charge in [-0.25, -0.2) is 0 Å². The summed E-state index contributed by atoms with van der Waals surface area (Å²) in [4.78, 5) is 0. The lowest BCUT2D eigenvalue weighted by molar-refractivity contribution is 0.0432. The largest absolute Gasteiger partial charge is 0.381 e. The lowest BCUT2D eigenvalue weighted by atomic mass is 9.88. The Morgan fingerprint density at radius 2 is 1.59 bits per heavy atom. The van der Waals surface area contributed by atoms with Gasteiger partial charge in [-0.2, -0.15) is 0 Å². The summed E-state index contributed by atoms with van der Waals surface area (Å²) in [5, 5.41) is 3.84. The van der Waals surface area contributed by atoms with Crippen molar-refractivity contribution in [3.63, 3.8) is 0 Å². The van der Waals surface area contributed by atoms with Crippen LogP contribution in [0.25, 0.3) is 0 Å². The summed E-state index contributed by atoms with van der Waals surface area (Å²) in [6.45, 7) is 5.48. The summed E-state index contributed by atoms with van der Waals surface area (Å²) in [5.74, 6) is 0.926. The SMILES string of the molecule is CC1(NCC2CCCCCCC2)CCOCC1. The zero-order chi connectivity index (χ0) is 12.0. The third-order valence-electron chi connectivity index (χ3n) is 4.64. The summed E-state index contributed by atoms with van der Waals surface area (Å²) in [6, 6.07) is 0. The smallest absolute Gasteiger partial charge is 0.0483 e. The van der Waals surface area contributed by atoms with Gasteiger partial charge in [-0.1, -0.05) is 32.1 Å². The third kappa shape index (κ3) is 4.59. The summed E-state index contributed by atoms with van der Waals surface area (Å²) in [5.41, 5.74) is 0.348. The highest BCUT2D eigenvalue weighted by Gasteiger charge is 2.27. The average molecular weight is 239 g/mol. The molecular weight excluding hydrogens is 210 g/mol. The maximum absolute atomic E-state index is 5.45. The van der Waals surface area contributed by atoms with Crippen molar-refractivity contribution < 1.29 is 4.74 Å². The zero-order valence-corrected chi connectivity index (χ0v) is 11.5. The van der Waals surface area contributed by atoms with Crippen LogP contribution in [0.3, 0.4) is 0 Å². The fraction of sp³-hybridized carbons (Fsp3) is 1.00. The fourth-order valence-corrected chi connectivity index (χ4v) is 3.13. The van der Waals surface area contributed by atoms with Crippen LogP contribution in [0.1, 0.15) is 64.7 Å². The minimum absolute atomic E-state index is 0.348. The van der Waals surface area contributed by atoms with Gasteiger partial charge in [-0.05, 0) is 45.1 Å². The van der Waals surface area contributed by atoms with Crippen LogP contribution in [0, 0.1) is 5.92 Å². The number of ether oxygens (including phenoxy) is 1. The Bertz CT molecular complexity index is 203. The first-order valence-corrected chi connectivity index (χ1v) is 7.61. The van der Waals surface area contributed by atoms with Crippen LogP contribution in [0.4, 0.5) is 0 Å². The molecule has 0 unspecified atom stereocenters. The molecule has 0 aromatic heterocycles. The van der Waals surface area contributed by atoms with Crippen LogP contribution in [-0.4, -0.2) is 25.3 Å². The van der Waals surface area contributed by atoms with Crippen molar-refractivity contribution in [1.82, 2.24) is 5.32 Å². The second-order valence-electron chi connectivity index (χ2n) is 6.27. The molecule has 17 heavy (non-hydrogen) atoms. The molecule has 2 fully saturated rings. The first-order chi connectivity index (χ1) is 8.29. The van der Waals surface area contributed by atoms with Crippen LogP contribution in [-0.2, 0) is 4.74 Å². The quantitative estimate of drug-likeness (QED) is 0.814. The van der Waals surface area contributed by atoms with Crippen molar-refractivity contribution in [3.8, 4) is 0 Å². The van der Waals surface area contributed by atoms with E-state index in [0.717, 1.165) is 19.1 Å². The molecule has 100 valence electrons. The molecular formula is C15H29NO. The molecule has 0 bridgehead atoms. The fourth-order valence-electron chi connectivity index (χ4n) is 3.13. The first-order valence-electron chi connectivity index (χ1n) is 7.61. The third-order valence-corrected chi connectivity index (χ3v) is 4.64. The molecule has 0 aromatic carbocycles. The molecule has 1 saturated carbocycles. The van der Waals surface area contributed by atoms with Gasteiger partial charge in [0.1, 0.15) is 0 Å². The van der Waals surface area contributed by atoms with E-state index < -0.39 is 0 Å². The van der Waals surface area contributed by atoms with Crippen molar-refractivity contribution in [2.45, 2.75) is 70.3 Å². The van der Waals surface area contributed by atoms with E-state index in [1.54, 1.807) is 0 Å². The highest BCUT2D eigenvalue weighted by atomic mass is 16.5. The van der Waals surface area contributed by atoms with Crippen molar-refractivity contribution in [2.24, 2.45) is 5.92 Å². The summed E-state index contributed by atoms with van der Waals surface area (Å²) >= 11 is 0. The molecule has 1 heterocycles. The highest BCUT2D eigenvalue weighted by molar-refractivity contribution is 4.86. The van der Waals surface area contributed by atoms with E-state index in [0.29, 0.717) is 5.54 Å². The van der Waals surface area contributed by atoms with Gasteiger partial charge >= 0.3 is 0 Å². The zero-order valence-electron chi connectivity index (χ0n) is 11.5. The Morgan fingerprint density at radius 1 is 1.00 bits per heavy atom. The van der Waals surface area contributed by atoms with E-state index in [1.807, 2.05) is 0 Å². The molecule has 0 amide bonds. The molecule has 0 atom stereocenters. The van der Waals surface area contributed by atoms with Gasteiger partial charge in [0.25, 0.3) is 0 Å². The van der Waals surface area contributed by atoms with Crippen LogP contribution in [0.2, 0.25) is 0 Å². The molecule has 2 heteroatoms. The highest BCUT2D eigenvalue weighted by Crippen LogP contribution is 2.24. The van der Waals surface area contributed by atoms with Gasteiger partial charge in [0.15, 0.2) is 0 Å². The first kappa shape index (κ1) is 13.4. The monoisotopic (exact) mass is 239 g/mol. The van der Waals surface area contributed by atoms with E-state index in [-0.39, 0.29) is 0 Å². The Labute approximate surface area is 107 Å². The Kier molecular flexibility index (Phi) is 5.30. The van der Waals surface area contributed by atoms with Gasteiger partial charge in [-0.3, -0.25) is 0 Å². The normalized spacial score (nSPS) is 27.4. The number of rotatable bonds is 3. The molecule has 0 aromatic rings. The molecule has 1 saturated heterocycles. The molecule has 1 N–H and O–H groups in total. The minimum atomic E-state index is 0.348. The number of hydrogen-bond donors (Lipinski definition) is 1. The number of nitrogens with one attached hydrogen (secondary N) is 1. The van der Waals surface area contributed by atoms with Crippen molar-refractivity contribution >= 4 is 0 Å². The summed E-state index contributed by atoms with van der Waals surface area (Å²) in [6.07, 6.45) is 12.5. The second-order valence-corrected chi connectivity index (χ2v) is 6.27. The average Bonchev–Trinajstić information content (AvgIpc) is 2.28. The Balaban J connectivity index is 1.71. The van der Waals surface area contributed by atoms with Crippen LogP contribution in [0.5, 0.6) is 0 Å². The molecule has 0 radical (unpaired) electrons. The van der Waals surface area contributed by atoms with Gasteiger partial charge in [0.2, 0.25) is 0 Å². The predicted molar refractivity (Wildman–Crippen MR) is 72.3 cm³/mol. The van der Waals surface area contributed by atoms with Gasteiger partial charge in [-0.15, -0.1) is 0 Å². The molecule has 0 spiro atoms. The topological polar surface area (TPSA) is 21.3 Å². The van der Waals surface area contributed by atoms with Crippen molar-refractivity contribution in [2.75, 3.05) is 19.8 Å². The van der Waals surface area contributed by atoms with E-state index in [9.17, 15) is 0 Å². The standard InChI is InChI=1S/C15H29NO/c1-15(9-11-17-12-10-15)16-13-14-7-5-3-2-4-6-8-14/h14,16H,2-13H2,1H3. The van der Waals surface area contributed by atoms with Crippen LogP contribution in [0.15, 0.2) is 0 Å². The van der Waals surface area contributed by atoms with Crippen molar-refractivity contribution in [1.29, 1.82) is 0 Å². The van der Waals surface area contributed by atoms with Crippen molar-refractivity contribution in [3.05, 3.63) is 0 Å². The molecule has 1 aliphatic heterocycles. The molecule has 1 aliphatic carbocycles. The summed E-state index contributed by atoms with van der Waals surface area (Å²) < 4.78 is 5.45. The van der Waals surface area contributed by atoms with Crippen LogP contribution < -0.4 is 5.32 Å². The Hall–Kier alpha value is -0.0800. The molecule has 2 aliphatic rings. The second kappa shape index (κ2) is 6.75. The summed E-state index contributed by atoms with van der Waals surface area (Å²) in [7, 11) is 0. The van der Waals surface area contributed by atoms with E-state index >= 15 is 0 Å². The lowest BCUT2D eigenvalue weighted by Crippen LogP contribution is -2.48. The van der Waals surface area contributed by atoms with Gasteiger partial charge in [0.05, 0.1) is 0 Å².